The van der Waals surface area contributed by atoms with Crippen LogP contribution in [-0.4, -0.2) is 25.5 Å². The predicted octanol–water partition coefficient (Wildman–Crippen LogP) is 0.408. The Kier molecular flexibility index (Phi) is 2.80. The van der Waals surface area contributed by atoms with Crippen LogP contribution in [0, 0.1) is 0 Å². The third-order valence-electron chi connectivity index (χ3n) is 2.45. The maximum atomic E-state index is 11.9. The van der Waals surface area contributed by atoms with Gasteiger partial charge in [0.05, 0.1) is 11.3 Å². The maximum Gasteiger partial charge on any atom is 0.335 e. The molecule has 0 radical (unpaired) electrons. The lowest BCUT2D eigenvalue weighted by Gasteiger charge is -2.08. The van der Waals surface area contributed by atoms with Crippen molar-refractivity contribution in [1.29, 1.82) is 0 Å². The molecule has 4 N–H and O–H groups in total. The number of nitrogens with two attached hydrogens (primary N) is 1. The topological polar surface area (TPSA) is 109 Å². The number of hydrogen-bond acceptors (Lipinski definition) is 4. The zero-order valence-electron chi connectivity index (χ0n) is 8.88. The molecule has 7 heteroatoms. The summed E-state index contributed by atoms with van der Waals surface area (Å²) >= 11 is 0. The van der Waals surface area contributed by atoms with Gasteiger partial charge in [-0.15, -0.1) is 0 Å². The summed E-state index contributed by atoms with van der Waals surface area (Å²) in [6.07, 6.45) is 1.61. The van der Waals surface area contributed by atoms with Gasteiger partial charge >= 0.3 is 5.97 Å². The molecular formula is C10H12N2O4S. The van der Waals surface area contributed by atoms with Gasteiger partial charge in [0, 0.05) is 6.04 Å². The number of carbonyl (C=O) groups is 1. The Morgan fingerprint density at radius 1 is 1.41 bits per heavy atom. The fraction of sp³-hybridized carbons (Fsp3) is 0.300. The Morgan fingerprint density at radius 2 is 2.06 bits per heavy atom. The lowest BCUT2D eigenvalue weighted by Crippen LogP contribution is -2.26. The minimum atomic E-state index is -3.72. The van der Waals surface area contributed by atoms with Crippen molar-refractivity contribution in [3.05, 3.63) is 23.8 Å². The molecule has 0 amide bonds. The number of anilines is 1. The monoisotopic (exact) mass is 256 g/mol. The Morgan fingerprint density at radius 3 is 2.59 bits per heavy atom. The van der Waals surface area contributed by atoms with E-state index in [9.17, 15) is 13.2 Å². The normalized spacial score (nSPS) is 15.8. The van der Waals surface area contributed by atoms with E-state index in [0.717, 1.165) is 18.9 Å². The Hall–Kier alpha value is -1.60. The highest BCUT2D eigenvalue weighted by atomic mass is 32.2. The number of benzene rings is 1. The smallest absolute Gasteiger partial charge is 0.335 e. The summed E-state index contributed by atoms with van der Waals surface area (Å²) in [7, 11) is -3.72. The van der Waals surface area contributed by atoms with E-state index in [2.05, 4.69) is 4.72 Å². The molecular weight excluding hydrogens is 244 g/mol. The van der Waals surface area contributed by atoms with Crippen molar-refractivity contribution in [3.63, 3.8) is 0 Å². The molecule has 92 valence electrons. The number of hydrogen-bond donors (Lipinski definition) is 3. The number of nitrogen functional groups attached to an aromatic ring is 1. The highest BCUT2D eigenvalue weighted by Gasteiger charge is 2.29. The van der Waals surface area contributed by atoms with Crippen LogP contribution < -0.4 is 10.5 Å². The van der Waals surface area contributed by atoms with Crippen molar-refractivity contribution in [1.82, 2.24) is 4.72 Å². The van der Waals surface area contributed by atoms with Gasteiger partial charge in [-0.2, -0.15) is 0 Å². The molecule has 1 aromatic rings. The summed E-state index contributed by atoms with van der Waals surface area (Å²) in [5, 5.41) is 8.80. The molecule has 0 saturated heterocycles. The molecule has 1 saturated carbocycles. The number of rotatable bonds is 4. The van der Waals surface area contributed by atoms with Crippen LogP contribution in [0.3, 0.4) is 0 Å². The minimum Gasteiger partial charge on any atom is -0.478 e. The standard InChI is InChI=1S/C10H12N2O4S/c11-8-4-1-6(10(13)14)5-9(8)17(15,16)12-7-2-3-7/h1,4-5,7,12H,2-3,11H2,(H,13,14). The van der Waals surface area contributed by atoms with Crippen molar-refractivity contribution in [2.75, 3.05) is 5.73 Å². The molecule has 1 aliphatic rings. The summed E-state index contributed by atoms with van der Waals surface area (Å²) in [4.78, 5) is 10.6. The fourth-order valence-corrected chi connectivity index (χ4v) is 2.85. The molecule has 0 aliphatic heterocycles. The number of sulfonamides is 1. The van der Waals surface area contributed by atoms with Crippen LogP contribution in [-0.2, 0) is 10.0 Å². The summed E-state index contributed by atoms with van der Waals surface area (Å²) in [6.45, 7) is 0. The van der Waals surface area contributed by atoms with E-state index in [1.165, 1.54) is 12.1 Å². The molecule has 0 unspecified atom stereocenters. The molecule has 6 nitrogen and oxygen atoms in total. The highest BCUT2D eigenvalue weighted by molar-refractivity contribution is 7.89. The second-order valence-corrected chi connectivity index (χ2v) is 5.64. The van der Waals surface area contributed by atoms with Crippen LogP contribution in [0.1, 0.15) is 23.2 Å². The average molecular weight is 256 g/mol. The van der Waals surface area contributed by atoms with Crippen LogP contribution >= 0.6 is 0 Å². The van der Waals surface area contributed by atoms with Gasteiger partial charge in [0.1, 0.15) is 4.90 Å². The van der Waals surface area contributed by atoms with Gasteiger partial charge in [-0.1, -0.05) is 0 Å². The molecule has 0 aromatic heterocycles. The highest BCUT2D eigenvalue weighted by Crippen LogP contribution is 2.25. The summed E-state index contributed by atoms with van der Waals surface area (Å²) in [6, 6.07) is 3.58. The van der Waals surface area contributed by atoms with E-state index in [4.69, 9.17) is 10.8 Å². The predicted molar refractivity (Wildman–Crippen MR) is 61.2 cm³/mol. The first-order valence-electron chi connectivity index (χ1n) is 5.05. The van der Waals surface area contributed by atoms with Gasteiger partial charge in [0.2, 0.25) is 10.0 Å². The lowest BCUT2D eigenvalue weighted by atomic mass is 10.2. The van der Waals surface area contributed by atoms with Crippen LogP contribution in [0.5, 0.6) is 0 Å². The first-order valence-corrected chi connectivity index (χ1v) is 6.53. The molecule has 0 heterocycles. The van der Waals surface area contributed by atoms with Gasteiger partial charge in [0.25, 0.3) is 0 Å². The third kappa shape index (κ3) is 2.56. The maximum absolute atomic E-state index is 11.9. The van der Waals surface area contributed by atoms with Gasteiger partial charge in [0.15, 0.2) is 0 Å². The largest absolute Gasteiger partial charge is 0.478 e. The summed E-state index contributed by atoms with van der Waals surface area (Å²) in [5.41, 5.74) is 5.50. The summed E-state index contributed by atoms with van der Waals surface area (Å²) in [5.74, 6) is -1.19. The van der Waals surface area contributed by atoms with Crippen molar-refractivity contribution in [3.8, 4) is 0 Å². The second kappa shape index (κ2) is 4.01. The number of carboxylic acids is 1. The van der Waals surface area contributed by atoms with Gasteiger partial charge in [-0.25, -0.2) is 17.9 Å². The van der Waals surface area contributed by atoms with Crippen molar-refractivity contribution >= 4 is 21.7 Å². The first-order chi connectivity index (χ1) is 7.90. The number of carboxylic acid groups (broad SMARTS) is 1. The van der Waals surface area contributed by atoms with Gasteiger partial charge < -0.3 is 10.8 Å². The Labute approximate surface area is 98.5 Å². The number of nitrogens with one attached hydrogen (secondary N) is 1. The average Bonchev–Trinajstić information content (AvgIpc) is 3.00. The Bertz CT molecular complexity index is 564. The molecule has 1 fully saturated rings. The third-order valence-corrected chi connectivity index (χ3v) is 4.03. The molecule has 1 aromatic carbocycles. The Balaban J connectivity index is 2.42. The zero-order chi connectivity index (χ0) is 12.6. The SMILES string of the molecule is Nc1ccc(C(=O)O)cc1S(=O)(=O)NC1CC1. The van der Waals surface area contributed by atoms with Crippen molar-refractivity contribution < 1.29 is 18.3 Å². The van der Waals surface area contributed by atoms with E-state index in [1.807, 2.05) is 0 Å². The van der Waals surface area contributed by atoms with E-state index >= 15 is 0 Å². The fourth-order valence-electron chi connectivity index (χ4n) is 1.38. The van der Waals surface area contributed by atoms with Gasteiger partial charge in [-0.05, 0) is 31.0 Å². The first kappa shape index (κ1) is 11.9. The van der Waals surface area contributed by atoms with Gasteiger partial charge in [-0.3, -0.25) is 0 Å². The van der Waals surface area contributed by atoms with Crippen LogP contribution in [0.4, 0.5) is 5.69 Å². The van der Waals surface area contributed by atoms with Crippen LogP contribution in [0.2, 0.25) is 0 Å². The molecule has 17 heavy (non-hydrogen) atoms. The quantitative estimate of drug-likeness (QED) is 0.676. The molecule has 0 spiro atoms. The molecule has 1 aliphatic carbocycles. The minimum absolute atomic E-state index is 0.0446. The second-order valence-electron chi connectivity index (χ2n) is 3.95. The molecule has 2 rings (SSSR count). The van der Waals surface area contributed by atoms with Crippen LogP contribution in [0.15, 0.2) is 23.1 Å². The van der Waals surface area contributed by atoms with E-state index in [-0.39, 0.29) is 22.2 Å². The van der Waals surface area contributed by atoms with Crippen molar-refractivity contribution in [2.24, 2.45) is 0 Å². The molecule has 0 atom stereocenters. The molecule has 0 bridgehead atoms. The lowest BCUT2D eigenvalue weighted by molar-refractivity contribution is 0.0696. The van der Waals surface area contributed by atoms with E-state index < -0.39 is 16.0 Å². The van der Waals surface area contributed by atoms with Crippen molar-refractivity contribution in [2.45, 2.75) is 23.8 Å². The van der Waals surface area contributed by atoms with E-state index in [1.54, 1.807) is 0 Å². The summed E-state index contributed by atoms with van der Waals surface area (Å²) < 4.78 is 26.2. The zero-order valence-corrected chi connectivity index (χ0v) is 9.70. The number of aromatic carboxylic acids is 1. The van der Waals surface area contributed by atoms with Crippen LogP contribution in [0.25, 0.3) is 0 Å². The van der Waals surface area contributed by atoms with E-state index in [0.29, 0.717) is 0 Å².